The fourth-order valence-electron chi connectivity index (χ4n) is 1.92. The van der Waals surface area contributed by atoms with E-state index in [0.717, 1.165) is 0 Å². The van der Waals surface area contributed by atoms with E-state index in [4.69, 9.17) is 28.9 Å². The smallest absolute Gasteiger partial charge is 0.0595 e. The summed E-state index contributed by atoms with van der Waals surface area (Å²) in [6.07, 6.45) is 1.18. The molecule has 0 heterocycles. The van der Waals surface area contributed by atoms with Crippen LogP contribution in [0, 0.1) is 5.92 Å². The lowest BCUT2D eigenvalue weighted by Gasteiger charge is -2.05. The second-order valence-corrected chi connectivity index (χ2v) is 4.85. The third-order valence-corrected chi connectivity index (χ3v) is 3.63. The van der Waals surface area contributed by atoms with Crippen molar-refractivity contribution in [1.82, 2.24) is 0 Å². The summed E-state index contributed by atoms with van der Waals surface area (Å²) in [5, 5.41) is 1.26. The van der Waals surface area contributed by atoms with Crippen LogP contribution in [0.3, 0.4) is 0 Å². The average molecular weight is 230 g/mol. The summed E-state index contributed by atoms with van der Waals surface area (Å²) in [5.41, 5.74) is 7.10. The van der Waals surface area contributed by atoms with E-state index in [1.807, 2.05) is 18.2 Å². The summed E-state index contributed by atoms with van der Waals surface area (Å²) in [4.78, 5) is 0. The number of hydrogen-bond donors (Lipinski definition) is 1. The molecule has 1 aliphatic carbocycles. The minimum absolute atomic E-state index is 0.273. The molecule has 14 heavy (non-hydrogen) atoms. The molecule has 1 nitrogen and oxygen atoms in total. The molecule has 76 valence electrons. The van der Waals surface area contributed by atoms with Crippen LogP contribution < -0.4 is 5.73 Å². The van der Waals surface area contributed by atoms with Crippen molar-refractivity contribution in [3.05, 3.63) is 33.8 Å². The molecule has 0 amide bonds. The van der Waals surface area contributed by atoms with Crippen LogP contribution in [0.2, 0.25) is 10.0 Å². The summed E-state index contributed by atoms with van der Waals surface area (Å²) < 4.78 is 0. The monoisotopic (exact) mass is 229 g/mol. The fourth-order valence-corrected chi connectivity index (χ4v) is 2.23. The number of nitrogens with two attached hydrogens (primary N) is 1. The Kier molecular flexibility index (Phi) is 2.74. The Labute approximate surface area is 94.2 Å². The molecule has 0 aliphatic heterocycles. The van der Waals surface area contributed by atoms with Gasteiger partial charge in [-0.1, -0.05) is 29.3 Å². The SMILES string of the molecule is C[C@@H](N)[C@H]1C[C@@H]1c1ccc(Cl)c(Cl)c1. The summed E-state index contributed by atoms with van der Waals surface area (Å²) in [7, 11) is 0. The molecule has 3 atom stereocenters. The van der Waals surface area contributed by atoms with Gasteiger partial charge in [0.25, 0.3) is 0 Å². The molecule has 2 rings (SSSR count). The highest BCUT2D eigenvalue weighted by Crippen LogP contribution is 2.49. The molecule has 1 aliphatic rings. The van der Waals surface area contributed by atoms with E-state index in [1.54, 1.807) is 0 Å². The third-order valence-electron chi connectivity index (χ3n) is 2.89. The van der Waals surface area contributed by atoms with Gasteiger partial charge in [-0.3, -0.25) is 0 Å². The van der Waals surface area contributed by atoms with E-state index >= 15 is 0 Å². The van der Waals surface area contributed by atoms with Gasteiger partial charge in [-0.2, -0.15) is 0 Å². The van der Waals surface area contributed by atoms with Crippen LogP contribution in [0.15, 0.2) is 18.2 Å². The predicted molar refractivity (Wildman–Crippen MR) is 61.0 cm³/mol. The summed E-state index contributed by atoms with van der Waals surface area (Å²) in [5.74, 6) is 1.21. The van der Waals surface area contributed by atoms with Gasteiger partial charge in [0.1, 0.15) is 0 Å². The zero-order valence-corrected chi connectivity index (χ0v) is 9.52. The number of benzene rings is 1. The molecule has 1 fully saturated rings. The van der Waals surface area contributed by atoms with Crippen LogP contribution >= 0.6 is 23.2 Å². The number of rotatable bonds is 2. The molecule has 1 saturated carbocycles. The molecule has 1 aromatic rings. The molecule has 0 spiro atoms. The zero-order valence-electron chi connectivity index (χ0n) is 8.00. The lowest BCUT2D eigenvalue weighted by Crippen LogP contribution is -2.17. The van der Waals surface area contributed by atoms with Crippen molar-refractivity contribution in [2.75, 3.05) is 0 Å². The maximum Gasteiger partial charge on any atom is 0.0595 e. The van der Waals surface area contributed by atoms with E-state index in [0.29, 0.717) is 21.9 Å². The lowest BCUT2D eigenvalue weighted by molar-refractivity contribution is 0.631. The Balaban J connectivity index is 2.16. The van der Waals surface area contributed by atoms with Gasteiger partial charge in [0.2, 0.25) is 0 Å². The minimum Gasteiger partial charge on any atom is -0.328 e. The maximum absolute atomic E-state index is 5.95. The van der Waals surface area contributed by atoms with Crippen LogP contribution in [-0.2, 0) is 0 Å². The van der Waals surface area contributed by atoms with E-state index < -0.39 is 0 Å². The van der Waals surface area contributed by atoms with Gasteiger partial charge in [0.05, 0.1) is 10.0 Å². The Morgan fingerprint density at radius 2 is 2.07 bits per heavy atom. The second kappa shape index (κ2) is 3.73. The molecule has 0 bridgehead atoms. The average Bonchev–Trinajstić information content (AvgIpc) is 2.89. The third kappa shape index (κ3) is 1.90. The van der Waals surface area contributed by atoms with Crippen LogP contribution in [0.1, 0.15) is 24.8 Å². The highest BCUT2D eigenvalue weighted by atomic mass is 35.5. The van der Waals surface area contributed by atoms with Gasteiger partial charge >= 0.3 is 0 Å². The fraction of sp³-hybridized carbons (Fsp3) is 0.455. The van der Waals surface area contributed by atoms with Gasteiger partial charge < -0.3 is 5.73 Å². The molecule has 1 aromatic carbocycles. The molecule has 3 heteroatoms. The van der Waals surface area contributed by atoms with Gasteiger partial charge in [0.15, 0.2) is 0 Å². The van der Waals surface area contributed by atoms with Crippen molar-refractivity contribution in [1.29, 1.82) is 0 Å². The van der Waals surface area contributed by atoms with Crippen molar-refractivity contribution in [3.63, 3.8) is 0 Å². The quantitative estimate of drug-likeness (QED) is 0.827. The first-order valence-electron chi connectivity index (χ1n) is 4.80. The van der Waals surface area contributed by atoms with Crippen molar-refractivity contribution in [2.45, 2.75) is 25.3 Å². The molecule has 0 aromatic heterocycles. The Morgan fingerprint density at radius 3 is 2.57 bits per heavy atom. The number of hydrogen-bond acceptors (Lipinski definition) is 1. The first kappa shape index (κ1) is 10.3. The van der Waals surface area contributed by atoms with Gasteiger partial charge in [0, 0.05) is 6.04 Å². The van der Waals surface area contributed by atoms with E-state index in [2.05, 4.69) is 6.92 Å². The standard InChI is InChI=1S/C11H13Cl2N/c1-6(14)8-5-9(8)7-2-3-10(12)11(13)4-7/h2-4,6,8-9H,5,14H2,1H3/t6-,8-,9-/m1/s1. The van der Waals surface area contributed by atoms with Gasteiger partial charge in [-0.05, 0) is 42.9 Å². The summed E-state index contributed by atoms with van der Waals surface area (Å²) in [6.45, 7) is 2.06. The molecular formula is C11H13Cl2N. The molecule has 2 N–H and O–H groups in total. The summed E-state index contributed by atoms with van der Waals surface area (Å²) >= 11 is 11.8. The van der Waals surface area contributed by atoms with E-state index in [-0.39, 0.29) is 6.04 Å². The molecule has 0 radical (unpaired) electrons. The topological polar surface area (TPSA) is 26.0 Å². The van der Waals surface area contributed by atoms with Gasteiger partial charge in [-0.25, -0.2) is 0 Å². The van der Waals surface area contributed by atoms with E-state index in [1.165, 1.54) is 12.0 Å². The van der Waals surface area contributed by atoms with Crippen LogP contribution in [0.4, 0.5) is 0 Å². The van der Waals surface area contributed by atoms with E-state index in [9.17, 15) is 0 Å². The first-order chi connectivity index (χ1) is 6.59. The molecular weight excluding hydrogens is 217 g/mol. The second-order valence-electron chi connectivity index (χ2n) is 4.04. The largest absolute Gasteiger partial charge is 0.328 e. The predicted octanol–water partition coefficient (Wildman–Crippen LogP) is 3.44. The van der Waals surface area contributed by atoms with Crippen LogP contribution in [-0.4, -0.2) is 6.04 Å². The van der Waals surface area contributed by atoms with Crippen molar-refractivity contribution >= 4 is 23.2 Å². The Hall–Kier alpha value is -0.240. The van der Waals surface area contributed by atoms with Gasteiger partial charge in [-0.15, -0.1) is 0 Å². The van der Waals surface area contributed by atoms with Crippen LogP contribution in [0.25, 0.3) is 0 Å². The summed E-state index contributed by atoms with van der Waals surface area (Å²) in [6, 6.07) is 6.13. The number of halogens is 2. The first-order valence-corrected chi connectivity index (χ1v) is 5.55. The maximum atomic E-state index is 5.95. The molecule has 0 unspecified atom stereocenters. The Bertz CT molecular complexity index is 349. The van der Waals surface area contributed by atoms with Crippen molar-refractivity contribution < 1.29 is 0 Å². The normalized spacial score (nSPS) is 27.4. The highest BCUT2D eigenvalue weighted by molar-refractivity contribution is 6.42. The lowest BCUT2D eigenvalue weighted by atomic mass is 10.1. The van der Waals surface area contributed by atoms with Crippen LogP contribution in [0.5, 0.6) is 0 Å². The highest BCUT2D eigenvalue weighted by Gasteiger charge is 2.40. The minimum atomic E-state index is 0.273. The zero-order chi connectivity index (χ0) is 10.3. The Morgan fingerprint density at radius 1 is 1.36 bits per heavy atom. The molecule has 0 saturated heterocycles. The van der Waals surface area contributed by atoms with Crippen molar-refractivity contribution in [2.24, 2.45) is 11.7 Å². The van der Waals surface area contributed by atoms with Crippen molar-refractivity contribution in [3.8, 4) is 0 Å².